The van der Waals surface area contributed by atoms with Crippen molar-refractivity contribution in [1.29, 1.82) is 0 Å². The molecule has 5 nitrogen and oxygen atoms in total. The molecule has 0 radical (unpaired) electrons. The molecule has 0 spiro atoms. The van der Waals surface area contributed by atoms with Gasteiger partial charge in [0.2, 0.25) is 0 Å². The Bertz CT molecular complexity index is 587. The number of sulfone groups is 1. The number of Topliss-reactive ketones (excluding diaryl/α,β-unsaturated/α-hetero) is 1. The summed E-state index contributed by atoms with van der Waals surface area (Å²) < 4.78 is 24.3. The summed E-state index contributed by atoms with van der Waals surface area (Å²) in [5, 5.41) is 1.66. The highest BCUT2D eigenvalue weighted by atomic mass is 35.5. The standard InChI is InChI=1S/C11H15ClN2O3S3/c1-2-20(16,17)10-7-18-4-3-14(10)11-13-8(6-19-11)9(15)5-12/h6,10H,2-5,7H2,1H3. The van der Waals surface area contributed by atoms with Crippen LogP contribution in [0, 0.1) is 0 Å². The molecule has 20 heavy (non-hydrogen) atoms. The van der Waals surface area contributed by atoms with E-state index in [1.54, 1.807) is 29.0 Å². The number of nitrogens with zero attached hydrogens (tertiary/aromatic N) is 2. The molecule has 2 rings (SSSR count). The Morgan fingerprint density at radius 3 is 3.00 bits per heavy atom. The monoisotopic (exact) mass is 354 g/mol. The number of thiazole rings is 1. The second kappa shape index (κ2) is 6.64. The van der Waals surface area contributed by atoms with E-state index in [1.165, 1.54) is 11.3 Å². The van der Waals surface area contributed by atoms with Crippen LogP contribution in [-0.4, -0.2) is 54.2 Å². The number of rotatable bonds is 5. The Morgan fingerprint density at radius 2 is 2.35 bits per heavy atom. The average Bonchev–Trinajstić information content (AvgIpc) is 2.96. The number of halogens is 1. The smallest absolute Gasteiger partial charge is 0.196 e. The maximum Gasteiger partial charge on any atom is 0.196 e. The van der Waals surface area contributed by atoms with Crippen LogP contribution in [0.2, 0.25) is 0 Å². The first-order valence-corrected chi connectivity index (χ1v) is 10.4. The SMILES string of the molecule is CCS(=O)(=O)C1CSCCN1c1nc(C(=O)CCl)cs1. The van der Waals surface area contributed by atoms with E-state index in [2.05, 4.69) is 4.98 Å². The fourth-order valence-corrected chi connectivity index (χ4v) is 5.96. The van der Waals surface area contributed by atoms with Crippen LogP contribution in [0.15, 0.2) is 5.38 Å². The Labute approximate surface area is 131 Å². The van der Waals surface area contributed by atoms with E-state index in [0.717, 1.165) is 5.75 Å². The van der Waals surface area contributed by atoms with Gasteiger partial charge in [0.25, 0.3) is 0 Å². The summed E-state index contributed by atoms with van der Waals surface area (Å²) in [5.74, 6) is 1.14. The summed E-state index contributed by atoms with van der Waals surface area (Å²) in [5.41, 5.74) is 0.311. The summed E-state index contributed by atoms with van der Waals surface area (Å²) in [4.78, 5) is 17.6. The fourth-order valence-electron chi connectivity index (χ4n) is 1.88. The van der Waals surface area contributed by atoms with Gasteiger partial charge in [-0.25, -0.2) is 13.4 Å². The molecule has 112 valence electrons. The minimum Gasteiger partial charge on any atom is -0.329 e. The van der Waals surface area contributed by atoms with E-state index < -0.39 is 15.2 Å². The van der Waals surface area contributed by atoms with Crippen molar-refractivity contribution in [2.75, 3.05) is 34.6 Å². The predicted octanol–water partition coefficient (Wildman–Crippen LogP) is 1.88. The lowest BCUT2D eigenvalue weighted by Crippen LogP contribution is -2.48. The molecular weight excluding hydrogens is 340 g/mol. The lowest BCUT2D eigenvalue weighted by atomic mass is 10.3. The van der Waals surface area contributed by atoms with Crippen LogP contribution in [-0.2, 0) is 9.84 Å². The van der Waals surface area contributed by atoms with Crippen LogP contribution in [0.4, 0.5) is 5.13 Å². The molecule has 0 aliphatic carbocycles. The van der Waals surface area contributed by atoms with Gasteiger partial charge in [0, 0.05) is 29.2 Å². The van der Waals surface area contributed by atoms with Crippen LogP contribution in [0.1, 0.15) is 17.4 Å². The van der Waals surface area contributed by atoms with Crippen LogP contribution >= 0.6 is 34.7 Å². The zero-order valence-corrected chi connectivity index (χ0v) is 14.1. The molecule has 0 amide bonds. The first-order valence-electron chi connectivity index (χ1n) is 6.10. The van der Waals surface area contributed by atoms with E-state index >= 15 is 0 Å². The lowest BCUT2D eigenvalue weighted by molar-refractivity contribution is 0.101. The number of carbonyl (C=O) groups is 1. The molecule has 1 unspecified atom stereocenters. The quantitative estimate of drug-likeness (QED) is 0.594. The van der Waals surface area contributed by atoms with Crippen molar-refractivity contribution >= 4 is 55.5 Å². The van der Waals surface area contributed by atoms with Crippen molar-refractivity contribution in [1.82, 2.24) is 4.98 Å². The molecule has 1 aromatic heterocycles. The van der Waals surface area contributed by atoms with E-state index in [9.17, 15) is 13.2 Å². The molecular formula is C11H15ClN2O3S3. The maximum absolute atomic E-state index is 12.2. The van der Waals surface area contributed by atoms with Crippen molar-refractivity contribution in [3.05, 3.63) is 11.1 Å². The minimum absolute atomic E-state index is 0.105. The zero-order valence-electron chi connectivity index (χ0n) is 10.9. The highest BCUT2D eigenvalue weighted by Gasteiger charge is 2.34. The Hall–Kier alpha value is -0.310. The maximum atomic E-state index is 12.2. The largest absolute Gasteiger partial charge is 0.329 e. The number of thioether (sulfide) groups is 1. The van der Waals surface area contributed by atoms with E-state index in [0.29, 0.717) is 23.1 Å². The van der Waals surface area contributed by atoms with Gasteiger partial charge in [-0.2, -0.15) is 11.8 Å². The number of carbonyl (C=O) groups excluding carboxylic acids is 1. The average molecular weight is 355 g/mol. The Balaban J connectivity index is 2.29. The summed E-state index contributed by atoms with van der Waals surface area (Å²) >= 11 is 8.43. The summed E-state index contributed by atoms with van der Waals surface area (Å²) in [6.07, 6.45) is 0. The van der Waals surface area contributed by atoms with Crippen molar-refractivity contribution in [2.24, 2.45) is 0 Å². The summed E-state index contributed by atoms with van der Waals surface area (Å²) in [7, 11) is -3.17. The third-order valence-electron chi connectivity index (χ3n) is 3.05. The first-order chi connectivity index (χ1) is 9.49. The van der Waals surface area contributed by atoms with Crippen molar-refractivity contribution in [3.63, 3.8) is 0 Å². The number of ketones is 1. The zero-order chi connectivity index (χ0) is 14.8. The van der Waals surface area contributed by atoms with Crippen LogP contribution < -0.4 is 4.90 Å². The van der Waals surface area contributed by atoms with Gasteiger partial charge in [-0.1, -0.05) is 6.92 Å². The molecule has 9 heteroatoms. The van der Waals surface area contributed by atoms with Gasteiger partial charge in [-0.3, -0.25) is 4.79 Å². The molecule has 1 aliphatic heterocycles. The van der Waals surface area contributed by atoms with Gasteiger partial charge >= 0.3 is 0 Å². The van der Waals surface area contributed by atoms with E-state index in [4.69, 9.17) is 11.6 Å². The number of anilines is 1. The highest BCUT2D eigenvalue weighted by molar-refractivity contribution is 8.01. The first kappa shape index (κ1) is 16.1. The molecule has 0 N–H and O–H groups in total. The second-order valence-corrected chi connectivity index (χ2v) is 8.95. The van der Waals surface area contributed by atoms with Gasteiger partial charge in [0.15, 0.2) is 20.8 Å². The minimum atomic E-state index is -3.17. The highest BCUT2D eigenvalue weighted by Crippen LogP contribution is 2.30. The topological polar surface area (TPSA) is 67.3 Å². The molecule has 0 saturated carbocycles. The third kappa shape index (κ3) is 3.29. The molecule has 1 atom stereocenters. The third-order valence-corrected chi connectivity index (χ3v) is 7.46. The Morgan fingerprint density at radius 1 is 1.60 bits per heavy atom. The fraction of sp³-hybridized carbons (Fsp3) is 0.636. The van der Waals surface area contributed by atoms with Gasteiger partial charge in [-0.15, -0.1) is 22.9 Å². The lowest BCUT2D eigenvalue weighted by Gasteiger charge is -2.34. The number of alkyl halides is 1. The van der Waals surface area contributed by atoms with Gasteiger partial charge in [0.1, 0.15) is 11.1 Å². The van der Waals surface area contributed by atoms with Gasteiger partial charge in [0.05, 0.1) is 5.88 Å². The summed E-state index contributed by atoms with van der Waals surface area (Å²) in [6.45, 7) is 2.27. The number of aromatic nitrogens is 1. The van der Waals surface area contributed by atoms with Gasteiger partial charge < -0.3 is 4.90 Å². The molecule has 1 saturated heterocycles. The molecule has 1 fully saturated rings. The predicted molar refractivity (Wildman–Crippen MR) is 85.1 cm³/mol. The molecule has 0 aromatic carbocycles. The van der Waals surface area contributed by atoms with E-state index in [1.807, 2.05) is 0 Å². The molecule has 0 bridgehead atoms. The molecule has 2 heterocycles. The number of hydrogen-bond donors (Lipinski definition) is 0. The molecule has 1 aliphatic rings. The van der Waals surface area contributed by atoms with Crippen molar-refractivity contribution in [2.45, 2.75) is 12.3 Å². The van der Waals surface area contributed by atoms with Crippen molar-refractivity contribution < 1.29 is 13.2 Å². The van der Waals surface area contributed by atoms with Crippen molar-refractivity contribution in [3.8, 4) is 0 Å². The van der Waals surface area contributed by atoms with Gasteiger partial charge in [-0.05, 0) is 0 Å². The van der Waals surface area contributed by atoms with E-state index in [-0.39, 0.29) is 17.4 Å². The second-order valence-electron chi connectivity index (χ2n) is 4.25. The summed E-state index contributed by atoms with van der Waals surface area (Å²) in [6, 6.07) is 0. The number of hydrogen-bond acceptors (Lipinski definition) is 7. The van der Waals surface area contributed by atoms with Crippen LogP contribution in [0.25, 0.3) is 0 Å². The molecule has 1 aromatic rings. The van der Waals surface area contributed by atoms with Crippen LogP contribution in [0.5, 0.6) is 0 Å². The normalized spacial score (nSPS) is 20.1. The van der Waals surface area contributed by atoms with Crippen LogP contribution in [0.3, 0.4) is 0 Å². The Kier molecular flexibility index (Phi) is 5.33.